The average molecular weight is 833 g/mol. The average Bonchev–Trinajstić information content (AvgIpc) is 3.84. The summed E-state index contributed by atoms with van der Waals surface area (Å²) in [5, 5.41) is 8.80. The van der Waals surface area contributed by atoms with E-state index in [-0.39, 0.29) is 0 Å². The Morgan fingerprint density at radius 3 is 1.34 bits per heavy atom. The van der Waals surface area contributed by atoms with Gasteiger partial charge in [0.15, 0.2) is 0 Å². The third kappa shape index (κ3) is 6.51. The number of aryl methyl sites for hydroxylation is 4. The van der Waals surface area contributed by atoms with Crippen LogP contribution in [0.3, 0.4) is 0 Å². The molecule has 0 radical (unpaired) electrons. The first kappa shape index (κ1) is 39.5. The highest BCUT2D eigenvalue weighted by Crippen LogP contribution is 2.45. The molecule has 0 fully saturated rings. The highest BCUT2D eigenvalue weighted by atomic mass is 16.3. The molecular formula is C60H52N2O2. The first-order valence-corrected chi connectivity index (χ1v) is 22.6. The Kier molecular flexibility index (Phi) is 9.39. The fraction of sp³-hybridized carbons (Fsp3) is 0.167. The molecule has 0 atom stereocenters. The summed E-state index contributed by atoms with van der Waals surface area (Å²) in [6.07, 6.45) is 0. The number of anilines is 6. The monoisotopic (exact) mass is 832 g/mol. The largest absolute Gasteiger partial charge is 0.456 e. The van der Waals surface area contributed by atoms with Crippen LogP contribution >= 0.6 is 0 Å². The summed E-state index contributed by atoms with van der Waals surface area (Å²) >= 11 is 0. The Labute approximate surface area is 375 Å². The van der Waals surface area contributed by atoms with Crippen molar-refractivity contribution in [3.05, 3.63) is 191 Å². The number of para-hydroxylation sites is 2. The van der Waals surface area contributed by atoms with Crippen molar-refractivity contribution >= 4 is 99.5 Å². The smallest absolute Gasteiger partial charge is 0.147 e. The highest BCUT2D eigenvalue weighted by Gasteiger charge is 2.22. The lowest BCUT2D eigenvalue weighted by Crippen LogP contribution is -2.13. The summed E-state index contributed by atoms with van der Waals surface area (Å²) in [5.41, 5.74) is 17.9. The van der Waals surface area contributed by atoms with Gasteiger partial charge in [-0.3, -0.25) is 0 Å². The Bertz CT molecular complexity index is 3640. The first-order valence-electron chi connectivity index (χ1n) is 22.6. The van der Waals surface area contributed by atoms with Gasteiger partial charge in [0.1, 0.15) is 22.3 Å². The van der Waals surface area contributed by atoms with Crippen molar-refractivity contribution in [1.29, 1.82) is 0 Å². The lowest BCUT2D eigenvalue weighted by molar-refractivity contribution is 0.663. The van der Waals surface area contributed by atoms with Crippen LogP contribution in [0.4, 0.5) is 34.1 Å². The number of rotatable bonds is 8. The molecular weight excluding hydrogens is 781 g/mol. The van der Waals surface area contributed by atoms with E-state index in [1.807, 2.05) is 0 Å². The zero-order chi connectivity index (χ0) is 44.0. The molecule has 0 N–H and O–H groups in total. The second kappa shape index (κ2) is 15.2. The minimum absolute atomic E-state index is 0.462. The van der Waals surface area contributed by atoms with Crippen LogP contribution in [0.1, 0.15) is 72.9 Å². The first-order chi connectivity index (χ1) is 31.0. The molecule has 0 saturated carbocycles. The van der Waals surface area contributed by atoms with Gasteiger partial charge in [0.2, 0.25) is 0 Å². The zero-order valence-corrected chi connectivity index (χ0v) is 37.9. The van der Waals surface area contributed by atoms with Crippen molar-refractivity contribution in [3.8, 4) is 0 Å². The van der Waals surface area contributed by atoms with Gasteiger partial charge >= 0.3 is 0 Å². The molecule has 0 aliphatic heterocycles. The molecule has 4 nitrogen and oxygen atoms in total. The van der Waals surface area contributed by atoms with E-state index in [2.05, 4.69) is 223 Å². The van der Waals surface area contributed by atoms with Crippen LogP contribution in [-0.4, -0.2) is 0 Å². The zero-order valence-electron chi connectivity index (χ0n) is 37.9. The Morgan fingerprint density at radius 1 is 0.359 bits per heavy atom. The second-order valence-corrected chi connectivity index (χ2v) is 18.4. The van der Waals surface area contributed by atoms with Gasteiger partial charge in [-0.1, -0.05) is 100 Å². The predicted octanol–water partition coefficient (Wildman–Crippen LogP) is 18.2. The summed E-state index contributed by atoms with van der Waals surface area (Å²) in [4.78, 5) is 4.80. The molecule has 0 unspecified atom stereocenters. The third-order valence-electron chi connectivity index (χ3n) is 13.4. The summed E-state index contributed by atoms with van der Waals surface area (Å²) in [6.45, 7) is 17.8. The molecule has 0 aliphatic carbocycles. The van der Waals surface area contributed by atoms with E-state index in [0.29, 0.717) is 11.8 Å². The van der Waals surface area contributed by atoms with Crippen LogP contribution in [0.2, 0.25) is 0 Å². The van der Waals surface area contributed by atoms with E-state index in [9.17, 15) is 0 Å². The molecule has 4 heteroatoms. The van der Waals surface area contributed by atoms with Gasteiger partial charge in [-0.25, -0.2) is 0 Å². The van der Waals surface area contributed by atoms with Crippen LogP contribution < -0.4 is 9.80 Å². The van der Waals surface area contributed by atoms with Crippen molar-refractivity contribution in [2.75, 3.05) is 9.80 Å². The van der Waals surface area contributed by atoms with Crippen LogP contribution in [0, 0.1) is 27.7 Å². The highest BCUT2D eigenvalue weighted by molar-refractivity contribution is 6.24. The van der Waals surface area contributed by atoms with Crippen LogP contribution in [-0.2, 0) is 0 Å². The van der Waals surface area contributed by atoms with Gasteiger partial charge in [0.25, 0.3) is 0 Å². The summed E-state index contributed by atoms with van der Waals surface area (Å²) in [7, 11) is 0. The number of benzene rings is 9. The van der Waals surface area contributed by atoms with E-state index in [4.69, 9.17) is 8.83 Å². The summed E-state index contributed by atoms with van der Waals surface area (Å²) in [5.74, 6) is 0.925. The molecule has 9 aromatic carbocycles. The molecule has 11 rings (SSSR count). The minimum Gasteiger partial charge on any atom is -0.456 e. The molecule has 2 heterocycles. The number of fused-ring (bicyclic) bond motifs is 9. The Morgan fingerprint density at radius 2 is 0.844 bits per heavy atom. The number of furan rings is 2. The molecule has 314 valence electrons. The normalized spacial score (nSPS) is 12.0. The van der Waals surface area contributed by atoms with Gasteiger partial charge in [-0.05, 0) is 179 Å². The minimum atomic E-state index is 0.462. The van der Waals surface area contributed by atoms with Crippen molar-refractivity contribution in [3.63, 3.8) is 0 Å². The van der Waals surface area contributed by atoms with E-state index < -0.39 is 0 Å². The van der Waals surface area contributed by atoms with Crippen molar-refractivity contribution in [2.45, 2.75) is 67.2 Å². The third-order valence-corrected chi connectivity index (χ3v) is 13.4. The van der Waals surface area contributed by atoms with Crippen LogP contribution in [0.15, 0.2) is 167 Å². The summed E-state index contributed by atoms with van der Waals surface area (Å²) in [6, 6.07) is 57.8. The van der Waals surface area contributed by atoms with E-state index in [1.54, 1.807) is 0 Å². The molecule has 0 aliphatic rings. The van der Waals surface area contributed by atoms with Crippen molar-refractivity contribution in [1.82, 2.24) is 0 Å². The van der Waals surface area contributed by atoms with Gasteiger partial charge < -0.3 is 18.6 Å². The fourth-order valence-corrected chi connectivity index (χ4v) is 9.85. The van der Waals surface area contributed by atoms with Gasteiger partial charge in [0.05, 0.1) is 5.39 Å². The van der Waals surface area contributed by atoms with E-state index in [1.165, 1.54) is 61.5 Å². The van der Waals surface area contributed by atoms with Crippen molar-refractivity contribution in [2.24, 2.45) is 0 Å². The maximum atomic E-state index is 6.91. The fourth-order valence-electron chi connectivity index (χ4n) is 9.85. The number of hydrogen-bond donors (Lipinski definition) is 0. The molecule has 0 spiro atoms. The second-order valence-electron chi connectivity index (χ2n) is 18.4. The standard InChI is InChI=1S/C60H52N2O2/c1-35(2)41-19-24-54(39(7)27-41)61(52-15-11-9-13-37(52)5)47-21-17-43-31-50-49-23-26-56-59(60(49)64-57(50)33-45(43)29-47)51-32-44-18-22-48(30-46(44)34-58(51)63-56)62(53-16-12-10-14-38(53)6)55-25-20-42(36(3)4)28-40(55)8/h9-36H,1-8H3. The Hall–Kier alpha value is -7.30. The van der Waals surface area contributed by atoms with E-state index >= 15 is 0 Å². The topological polar surface area (TPSA) is 32.8 Å². The SMILES string of the molecule is Cc1ccccc1N(c1ccc2cc3c(cc2c1)oc1c3ccc2oc3cc4cc(N(c5ccccc5C)c5ccc(C(C)C)cc5C)ccc4cc3c21)c1ccc(C(C)C)cc1C. The number of nitrogens with zero attached hydrogens (tertiary/aromatic N) is 2. The molecule has 11 aromatic rings. The molecule has 0 amide bonds. The molecule has 0 bridgehead atoms. The Balaban J connectivity index is 1.03. The van der Waals surface area contributed by atoms with Crippen LogP contribution in [0.25, 0.3) is 65.4 Å². The molecule has 2 aromatic heterocycles. The van der Waals surface area contributed by atoms with Gasteiger partial charge in [-0.2, -0.15) is 0 Å². The lowest BCUT2D eigenvalue weighted by Gasteiger charge is -2.29. The predicted molar refractivity (Wildman–Crippen MR) is 273 cm³/mol. The van der Waals surface area contributed by atoms with E-state index in [0.717, 1.165) is 71.4 Å². The quantitative estimate of drug-likeness (QED) is 0.153. The maximum Gasteiger partial charge on any atom is 0.147 e. The molecule has 64 heavy (non-hydrogen) atoms. The van der Waals surface area contributed by atoms with Gasteiger partial charge in [0, 0.05) is 50.3 Å². The molecule has 0 saturated heterocycles. The lowest BCUT2D eigenvalue weighted by atomic mass is 9.98. The van der Waals surface area contributed by atoms with Gasteiger partial charge in [-0.15, -0.1) is 0 Å². The number of hydrogen-bond acceptors (Lipinski definition) is 4. The van der Waals surface area contributed by atoms with Crippen molar-refractivity contribution < 1.29 is 8.83 Å². The maximum absolute atomic E-state index is 6.91. The summed E-state index contributed by atoms with van der Waals surface area (Å²) < 4.78 is 13.6. The van der Waals surface area contributed by atoms with Crippen LogP contribution in [0.5, 0.6) is 0 Å².